The molecule has 0 atom stereocenters. The van der Waals surface area contributed by atoms with Crippen LogP contribution in [0.2, 0.25) is 0 Å². The molecule has 0 unspecified atom stereocenters. The molecule has 0 fully saturated rings. The van der Waals surface area contributed by atoms with Gasteiger partial charge in [-0.2, -0.15) is 0 Å². The van der Waals surface area contributed by atoms with Gasteiger partial charge in [0.05, 0.1) is 5.75 Å². The Kier molecular flexibility index (Phi) is 5.38. The molecular weight excluding hydrogens is 468 g/mol. The number of nitrogens with zero attached hydrogens (tertiary/aromatic N) is 4. The van der Waals surface area contributed by atoms with Crippen LogP contribution in [0.5, 0.6) is 11.5 Å². The zero-order valence-corrected chi connectivity index (χ0v) is 19.1. The van der Waals surface area contributed by atoms with Crippen molar-refractivity contribution in [2.45, 2.75) is 29.9 Å². The van der Waals surface area contributed by atoms with E-state index in [-0.39, 0.29) is 24.8 Å². The minimum absolute atomic E-state index is 0.137. The summed E-state index contributed by atoms with van der Waals surface area (Å²) >= 11 is 1.36. The number of ether oxygens (including phenoxy) is 2. The van der Waals surface area contributed by atoms with E-state index in [0.717, 1.165) is 16.2 Å². The van der Waals surface area contributed by atoms with Crippen molar-refractivity contribution in [3.05, 3.63) is 36.4 Å². The van der Waals surface area contributed by atoms with Gasteiger partial charge in [0.1, 0.15) is 17.8 Å². The van der Waals surface area contributed by atoms with E-state index < -0.39 is 10.0 Å². The summed E-state index contributed by atoms with van der Waals surface area (Å²) in [4.78, 5) is 13.8. The summed E-state index contributed by atoms with van der Waals surface area (Å²) in [6.07, 6.45) is 1.63. The SMILES string of the molecule is Cc1ccc(-c2cc3c(cc2Sc2nc4c(N)ncnc4n2CCCS(N)(=O)=O)OCO3)o1. The van der Waals surface area contributed by atoms with E-state index in [0.29, 0.717) is 40.1 Å². The first kappa shape index (κ1) is 21.6. The van der Waals surface area contributed by atoms with Gasteiger partial charge in [-0.3, -0.25) is 0 Å². The van der Waals surface area contributed by atoms with Crippen LogP contribution in [0.3, 0.4) is 0 Å². The number of sulfonamides is 1. The molecule has 4 N–H and O–H groups in total. The molecule has 172 valence electrons. The summed E-state index contributed by atoms with van der Waals surface area (Å²) < 4.78 is 41.6. The maximum Gasteiger partial charge on any atom is 0.231 e. The van der Waals surface area contributed by atoms with Crippen molar-refractivity contribution < 1.29 is 22.3 Å². The molecule has 3 aromatic heterocycles. The van der Waals surface area contributed by atoms with Crippen LogP contribution in [0.15, 0.2) is 45.1 Å². The number of aryl methyl sites for hydroxylation is 2. The van der Waals surface area contributed by atoms with Gasteiger partial charge in [0.15, 0.2) is 33.6 Å². The Bertz CT molecular complexity index is 1460. The monoisotopic (exact) mass is 488 g/mol. The van der Waals surface area contributed by atoms with Gasteiger partial charge in [-0.1, -0.05) is 11.8 Å². The number of aromatic nitrogens is 4. The molecule has 13 heteroatoms. The van der Waals surface area contributed by atoms with Gasteiger partial charge in [-0.15, -0.1) is 0 Å². The Morgan fingerprint density at radius 3 is 2.70 bits per heavy atom. The molecule has 4 aromatic rings. The molecule has 0 spiro atoms. The van der Waals surface area contributed by atoms with E-state index in [9.17, 15) is 8.42 Å². The van der Waals surface area contributed by atoms with Crippen LogP contribution in [0, 0.1) is 6.92 Å². The summed E-state index contributed by atoms with van der Waals surface area (Å²) in [5, 5.41) is 5.74. The lowest BCUT2D eigenvalue weighted by atomic mass is 10.1. The normalized spacial score (nSPS) is 13.2. The zero-order chi connectivity index (χ0) is 23.2. The second-order valence-corrected chi connectivity index (χ2v) is 10.2. The Hall–Kier alpha value is -3.29. The Balaban J connectivity index is 1.59. The Morgan fingerprint density at radius 2 is 1.97 bits per heavy atom. The summed E-state index contributed by atoms with van der Waals surface area (Å²) in [6.45, 7) is 2.33. The Morgan fingerprint density at radius 1 is 1.18 bits per heavy atom. The zero-order valence-electron chi connectivity index (χ0n) is 17.5. The van der Waals surface area contributed by atoms with Crippen molar-refractivity contribution >= 4 is 38.8 Å². The molecule has 0 radical (unpaired) electrons. The number of hydrogen-bond donors (Lipinski definition) is 2. The molecule has 0 saturated carbocycles. The first-order chi connectivity index (χ1) is 15.8. The van der Waals surface area contributed by atoms with Gasteiger partial charge in [0.2, 0.25) is 16.8 Å². The van der Waals surface area contributed by atoms with E-state index >= 15 is 0 Å². The van der Waals surface area contributed by atoms with Gasteiger partial charge < -0.3 is 24.2 Å². The predicted octanol–water partition coefficient (Wildman–Crippen LogP) is 2.54. The molecule has 11 nitrogen and oxygen atoms in total. The molecule has 33 heavy (non-hydrogen) atoms. The van der Waals surface area contributed by atoms with Crippen LogP contribution in [0.1, 0.15) is 12.2 Å². The third-order valence-corrected chi connectivity index (χ3v) is 6.93. The third kappa shape index (κ3) is 4.34. The fourth-order valence-corrected chi connectivity index (χ4v) is 5.10. The molecule has 1 aromatic carbocycles. The van der Waals surface area contributed by atoms with Crippen LogP contribution in [-0.4, -0.2) is 40.5 Å². The maximum absolute atomic E-state index is 11.4. The van der Waals surface area contributed by atoms with Crippen LogP contribution in [-0.2, 0) is 16.6 Å². The van der Waals surface area contributed by atoms with Crippen molar-refractivity contribution in [1.29, 1.82) is 0 Å². The lowest BCUT2D eigenvalue weighted by Gasteiger charge is -2.11. The van der Waals surface area contributed by atoms with Crippen LogP contribution >= 0.6 is 11.8 Å². The van der Waals surface area contributed by atoms with Crippen LogP contribution < -0.4 is 20.3 Å². The molecular formula is C20H20N6O5S2. The molecule has 0 bridgehead atoms. The minimum atomic E-state index is -3.60. The van der Waals surface area contributed by atoms with Crippen molar-refractivity contribution in [2.24, 2.45) is 5.14 Å². The second kappa shape index (κ2) is 8.24. The van der Waals surface area contributed by atoms with Crippen LogP contribution in [0.4, 0.5) is 5.82 Å². The highest BCUT2D eigenvalue weighted by Gasteiger charge is 2.23. The fourth-order valence-electron chi connectivity index (χ4n) is 3.52. The number of furan rings is 1. The van der Waals surface area contributed by atoms with Crippen molar-refractivity contribution in [2.75, 3.05) is 18.3 Å². The second-order valence-electron chi connectivity index (χ2n) is 7.41. The number of benzene rings is 1. The number of anilines is 1. The first-order valence-electron chi connectivity index (χ1n) is 9.94. The topological polar surface area (TPSA) is 161 Å². The number of rotatable bonds is 7. The molecule has 5 rings (SSSR count). The highest BCUT2D eigenvalue weighted by atomic mass is 32.2. The number of hydrogen-bond acceptors (Lipinski definition) is 10. The van der Waals surface area contributed by atoms with Gasteiger partial charge in [-0.05, 0) is 37.6 Å². The number of primary sulfonamides is 1. The van der Waals surface area contributed by atoms with Gasteiger partial charge in [0.25, 0.3) is 0 Å². The third-order valence-electron chi connectivity index (χ3n) is 5.02. The Labute approximate surface area is 193 Å². The number of nitrogens with two attached hydrogens (primary N) is 2. The predicted molar refractivity (Wildman–Crippen MR) is 121 cm³/mol. The minimum Gasteiger partial charge on any atom is -0.461 e. The summed E-state index contributed by atoms with van der Waals surface area (Å²) in [5.74, 6) is 2.75. The molecule has 4 heterocycles. The van der Waals surface area contributed by atoms with Gasteiger partial charge in [0, 0.05) is 17.0 Å². The standard InChI is InChI=1S/C20H20N6O5S2/c1-11-3-4-13(31-11)12-7-14-15(30-10-29-14)8-16(12)32-20-25-17-18(21)23-9-24-19(17)26(20)5-2-6-33(22,27)28/h3-4,7-9H,2,5-6,10H2,1H3,(H2,21,23,24)(H2,22,27,28). The van der Waals surface area contributed by atoms with Gasteiger partial charge >= 0.3 is 0 Å². The van der Waals surface area contributed by atoms with E-state index in [1.54, 1.807) is 0 Å². The lowest BCUT2D eigenvalue weighted by molar-refractivity contribution is 0.174. The molecule has 0 aliphatic carbocycles. The highest BCUT2D eigenvalue weighted by molar-refractivity contribution is 7.99. The van der Waals surface area contributed by atoms with Crippen molar-refractivity contribution in [3.8, 4) is 22.8 Å². The quantitative estimate of drug-likeness (QED) is 0.395. The summed E-state index contributed by atoms with van der Waals surface area (Å²) in [6, 6.07) is 7.50. The van der Waals surface area contributed by atoms with E-state index in [1.807, 2.05) is 35.8 Å². The van der Waals surface area contributed by atoms with E-state index in [2.05, 4.69) is 15.0 Å². The van der Waals surface area contributed by atoms with Crippen LogP contribution in [0.25, 0.3) is 22.5 Å². The number of fused-ring (bicyclic) bond motifs is 2. The van der Waals surface area contributed by atoms with Crippen molar-refractivity contribution in [1.82, 2.24) is 19.5 Å². The lowest BCUT2D eigenvalue weighted by Crippen LogP contribution is -2.18. The average molecular weight is 489 g/mol. The number of nitrogen functional groups attached to an aromatic ring is 1. The maximum atomic E-state index is 11.4. The fraction of sp³-hybridized carbons (Fsp3) is 0.250. The van der Waals surface area contributed by atoms with E-state index in [4.69, 9.17) is 24.8 Å². The molecule has 1 aliphatic rings. The first-order valence-corrected chi connectivity index (χ1v) is 12.5. The summed E-state index contributed by atoms with van der Waals surface area (Å²) in [7, 11) is -3.60. The summed E-state index contributed by atoms with van der Waals surface area (Å²) in [5.41, 5.74) is 7.78. The molecule has 1 aliphatic heterocycles. The highest BCUT2D eigenvalue weighted by Crippen LogP contribution is 2.45. The smallest absolute Gasteiger partial charge is 0.231 e. The average Bonchev–Trinajstić information content (AvgIpc) is 3.46. The molecule has 0 saturated heterocycles. The van der Waals surface area contributed by atoms with Gasteiger partial charge in [-0.25, -0.2) is 28.5 Å². The molecule has 0 amide bonds. The largest absolute Gasteiger partial charge is 0.461 e. The van der Waals surface area contributed by atoms with Crippen molar-refractivity contribution in [3.63, 3.8) is 0 Å². The van der Waals surface area contributed by atoms with E-state index in [1.165, 1.54) is 18.1 Å². The number of imidazole rings is 1.